The molecule has 94 valence electrons. The minimum atomic E-state index is -2.53. The van der Waals surface area contributed by atoms with Gasteiger partial charge in [-0.3, -0.25) is 0 Å². The second-order valence-electron chi connectivity index (χ2n) is 3.44. The number of rotatable bonds is 4. The molecule has 1 N–H and O–H groups in total. The van der Waals surface area contributed by atoms with Gasteiger partial charge in [-0.2, -0.15) is 0 Å². The molecule has 0 atom stereocenters. The molecule has 0 spiro atoms. The number of nitrogens with zero attached hydrogens (tertiary/aromatic N) is 2. The van der Waals surface area contributed by atoms with Crippen molar-refractivity contribution in [1.29, 1.82) is 0 Å². The van der Waals surface area contributed by atoms with Crippen LogP contribution in [0.1, 0.15) is 12.0 Å². The number of ether oxygens (including phenoxy) is 1. The highest BCUT2D eigenvalue weighted by Crippen LogP contribution is 2.28. The summed E-state index contributed by atoms with van der Waals surface area (Å²) in [4.78, 5) is 7.99. The third-order valence-electron chi connectivity index (χ3n) is 2.23. The van der Waals surface area contributed by atoms with E-state index in [0.29, 0.717) is 11.6 Å². The lowest BCUT2D eigenvalue weighted by Crippen LogP contribution is -1.98. The molecule has 1 aromatic heterocycles. The van der Waals surface area contributed by atoms with Crippen LogP contribution in [-0.2, 0) is 0 Å². The molecule has 0 unspecified atom stereocenters. The van der Waals surface area contributed by atoms with E-state index in [9.17, 15) is 8.78 Å². The number of alkyl halides is 2. The van der Waals surface area contributed by atoms with Crippen LogP contribution >= 0.6 is 0 Å². The Morgan fingerprint density at radius 3 is 2.72 bits per heavy atom. The number of halogens is 2. The topological polar surface area (TPSA) is 47.0 Å². The number of hydrogen-bond acceptors (Lipinski definition) is 4. The van der Waals surface area contributed by atoms with Crippen LogP contribution in [0.5, 0.6) is 11.6 Å². The molecule has 0 fully saturated rings. The maximum Gasteiger partial charge on any atom is 0.263 e. The predicted octanol–water partition coefficient (Wildman–Crippen LogP) is 3.25. The van der Waals surface area contributed by atoms with Crippen molar-refractivity contribution in [1.82, 2.24) is 9.97 Å². The zero-order valence-corrected chi connectivity index (χ0v) is 9.60. The fraction of sp³-hybridized carbons (Fsp3) is 0.167. The third-order valence-corrected chi connectivity index (χ3v) is 2.23. The largest absolute Gasteiger partial charge is 0.436 e. The molecule has 6 heteroatoms. The van der Waals surface area contributed by atoms with Crippen molar-refractivity contribution in [3.05, 3.63) is 42.2 Å². The van der Waals surface area contributed by atoms with Crippen molar-refractivity contribution in [2.75, 3.05) is 12.4 Å². The molecule has 0 saturated heterocycles. The van der Waals surface area contributed by atoms with E-state index in [1.165, 1.54) is 30.6 Å². The van der Waals surface area contributed by atoms with Crippen molar-refractivity contribution in [2.45, 2.75) is 6.43 Å². The van der Waals surface area contributed by atoms with Crippen LogP contribution in [0.4, 0.5) is 14.6 Å². The average Bonchev–Trinajstić information content (AvgIpc) is 2.39. The van der Waals surface area contributed by atoms with Gasteiger partial charge in [0.1, 0.15) is 5.75 Å². The quantitative estimate of drug-likeness (QED) is 0.906. The lowest BCUT2D eigenvalue weighted by molar-refractivity contribution is 0.151. The number of benzene rings is 1. The molecule has 0 aliphatic carbocycles. The Hall–Kier alpha value is -2.24. The third kappa shape index (κ3) is 2.71. The summed E-state index contributed by atoms with van der Waals surface area (Å²) in [6.45, 7) is 0. The summed E-state index contributed by atoms with van der Waals surface area (Å²) < 4.78 is 30.5. The van der Waals surface area contributed by atoms with Crippen molar-refractivity contribution in [2.24, 2.45) is 0 Å². The van der Waals surface area contributed by atoms with Gasteiger partial charge in [0, 0.05) is 25.0 Å². The Morgan fingerprint density at radius 1 is 1.22 bits per heavy atom. The molecule has 2 rings (SSSR count). The predicted molar refractivity (Wildman–Crippen MR) is 63.1 cm³/mol. The maximum absolute atomic E-state index is 12.5. The highest BCUT2D eigenvalue weighted by atomic mass is 19.3. The number of anilines is 1. The molecule has 18 heavy (non-hydrogen) atoms. The van der Waals surface area contributed by atoms with Crippen LogP contribution < -0.4 is 10.1 Å². The Kier molecular flexibility index (Phi) is 3.66. The zero-order chi connectivity index (χ0) is 13.0. The summed E-state index contributed by atoms with van der Waals surface area (Å²) in [7, 11) is 1.67. The molecule has 4 nitrogen and oxygen atoms in total. The van der Waals surface area contributed by atoms with E-state index in [4.69, 9.17) is 4.74 Å². The summed E-state index contributed by atoms with van der Waals surface area (Å²) in [5.41, 5.74) is -0.0950. The van der Waals surface area contributed by atoms with Crippen molar-refractivity contribution < 1.29 is 13.5 Å². The molecule has 0 saturated carbocycles. The van der Waals surface area contributed by atoms with E-state index in [0.717, 1.165) is 0 Å². The van der Waals surface area contributed by atoms with Gasteiger partial charge < -0.3 is 10.1 Å². The molecule has 0 amide bonds. The van der Waals surface area contributed by atoms with Gasteiger partial charge >= 0.3 is 0 Å². The highest BCUT2D eigenvalue weighted by Gasteiger charge is 2.10. The summed E-state index contributed by atoms with van der Waals surface area (Å²) in [6, 6.07) is 5.71. The van der Waals surface area contributed by atoms with Gasteiger partial charge in [0.2, 0.25) is 0 Å². The van der Waals surface area contributed by atoms with Crippen molar-refractivity contribution in [3.8, 4) is 11.6 Å². The van der Waals surface area contributed by atoms with Crippen molar-refractivity contribution >= 4 is 5.82 Å². The van der Waals surface area contributed by atoms with Gasteiger partial charge in [0.25, 0.3) is 12.3 Å². The van der Waals surface area contributed by atoms with Crippen LogP contribution in [0, 0.1) is 0 Å². The minimum Gasteiger partial charge on any atom is -0.436 e. The normalized spacial score (nSPS) is 10.4. The van der Waals surface area contributed by atoms with E-state index in [1.54, 1.807) is 13.1 Å². The Balaban J connectivity index is 2.25. The Morgan fingerprint density at radius 2 is 2.00 bits per heavy atom. The molecular weight excluding hydrogens is 240 g/mol. The number of nitrogens with one attached hydrogen (secondary N) is 1. The summed E-state index contributed by atoms with van der Waals surface area (Å²) in [5, 5.41) is 2.81. The molecule has 1 aromatic carbocycles. The first-order chi connectivity index (χ1) is 8.70. The molecule has 0 radical (unpaired) electrons. The van der Waals surface area contributed by atoms with Crippen LogP contribution in [0.3, 0.4) is 0 Å². The fourth-order valence-electron chi connectivity index (χ4n) is 1.40. The van der Waals surface area contributed by atoms with E-state index >= 15 is 0 Å². The van der Waals surface area contributed by atoms with E-state index in [1.807, 2.05) is 0 Å². The molecule has 1 heterocycles. The van der Waals surface area contributed by atoms with Crippen LogP contribution in [-0.4, -0.2) is 17.0 Å². The Labute approximate surface area is 103 Å². The SMILES string of the molecule is CNc1nccnc1Oc1cccc(C(F)F)c1. The van der Waals surface area contributed by atoms with Crippen LogP contribution in [0.2, 0.25) is 0 Å². The van der Waals surface area contributed by atoms with Crippen molar-refractivity contribution in [3.63, 3.8) is 0 Å². The van der Waals surface area contributed by atoms with Gasteiger partial charge in [-0.1, -0.05) is 12.1 Å². The minimum absolute atomic E-state index is 0.0950. The van der Waals surface area contributed by atoms with Gasteiger partial charge in [-0.25, -0.2) is 18.7 Å². The zero-order valence-electron chi connectivity index (χ0n) is 9.60. The molecule has 0 aliphatic heterocycles. The lowest BCUT2D eigenvalue weighted by Gasteiger charge is -2.09. The monoisotopic (exact) mass is 251 g/mol. The van der Waals surface area contributed by atoms with Crippen LogP contribution in [0.25, 0.3) is 0 Å². The van der Waals surface area contributed by atoms with E-state index in [2.05, 4.69) is 15.3 Å². The second kappa shape index (κ2) is 5.39. The maximum atomic E-state index is 12.5. The van der Waals surface area contributed by atoms with Gasteiger partial charge in [-0.05, 0) is 12.1 Å². The standard InChI is InChI=1S/C12H11F2N3O/c1-15-11-12(17-6-5-16-11)18-9-4-2-3-8(7-9)10(13)14/h2-7,10H,1H3,(H,15,16). The fourth-order valence-corrected chi connectivity index (χ4v) is 1.40. The highest BCUT2D eigenvalue weighted by molar-refractivity contribution is 5.46. The van der Waals surface area contributed by atoms with Crippen LogP contribution in [0.15, 0.2) is 36.7 Å². The number of aromatic nitrogens is 2. The van der Waals surface area contributed by atoms with E-state index < -0.39 is 6.43 Å². The smallest absolute Gasteiger partial charge is 0.263 e. The molecule has 2 aromatic rings. The Bertz CT molecular complexity index is 534. The first kappa shape index (κ1) is 12.2. The summed E-state index contributed by atoms with van der Waals surface area (Å²) >= 11 is 0. The first-order valence-corrected chi connectivity index (χ1v) is 5.25. The van der Waals surface area contributed by atoms with E-state index in [-0.39, 0.29) is 11.4 Å². The second-order valence-corrected chi connectivity index (χ2v) is 3.44. The summed E-state index contributed by atoms with van der Waals surface area (Å²) in [6.07, 6.45) is 0.445. The molecule has 0 aliphatic rings. The molecular formula is C12H11F2N3O. The van der Waals surface area contributed by atoms with Gasteiger partial charge in [0.05, 0.1) is 0 Å². The van der Waals surface area contributed by atoms with Gasteiger partial charge in [0.15, 0.2) is 5.82 Å². The average molecular weight is 251 g/mol. The summed E-state index contributed by atoms with van der Waals surface area (Å²) in [5.74, 6) is 0.983. The number of hydrogen-bond donors (Lipinski definition) is 1. The molecule has 0 bridgehead atoms. The lowest BCUT2D eigenvalue weighted by atomic mass is 10.2. The van der Waals surface area contributed by atoms with Gasteiger partial charge in [-0.15, -0.1) is 0 Å². The first-order valence-electron chi connectivity index (χ1n) is 5.25.